The molecule has 4 N–H and O–H groups in total. The molecule has 7 heteroatoms. The van der Waals surface area contributed by atoms with Gasteiger partial charge in [-0.15, -0.1) is 0 Å². The van der Waals surface area contributed by atoms with Crippen molar-refractivity contribution in [1.29, 1.82) is 0 Å². The lowest BCUT2D eigenvalue weighted by atomic mass is 10.1. The van der Waals surface area contributed by atoms with E-state index in [-0.39, 0.29) is 17.4 Å². The van der Waals surface area contributed by atoms with E-state index < -0.39 is 0 Å². The molecule has 6 nitrogen and oxygen atoms in total. The molecule has 0 spiro atoms. The van der Waals surface area contributed by atoms with Gasteiger partial charge in [0.25, 0.3) is 0 Å². The number of methoxy groups -OCH3 is 1. The fraction of sp³-hybridized carbons (Fsp3) is 0.357. The number of nitrogens with one attached hydrogen (secondary N) is 2. The number of nitrogens with zero attached hydrogens (tertiary/aromatic N) is 1. The van der Waals surface area contributed by atoms with Crippen molar-refractivity contribution in [1.82, 2.24) is 10.7 Å². The maximum absolute atomic E-state index is 11.7. The molecule has 0 fully saturated rings. The number of carbonyl (C=O) groups excluding carboxylic acids is 1. The first-order chi connectivity index (χ1) is 10.0. The summed E-state index contributed by atoms with van der Waals surface area (Å²) in [7, 11) is 1.63. The van der Waals surface area contributed by atoms with Crippen LogP contribution in [0.5, 0.6) is 5.75 Å². The van der Waals surface area contributed by atoms with Gasteiger partial charge in [-0.2, -0.15) is 5.10 Å². The normalized spacial score (nSPS) is 10.9. The Bertz CT molecular complexity index is 514. The standard InChI is InChI=1S/C14H20N4O2S/c1-10(17-18-14(15)21)9-13(19)16-8-7-11-3-5-12(20-2)6-4-11/h3-6H,7-9H2,1-2H3,(H,16,19)(H3,15,18,21). The van der Waals surface area contributed by atoms with Gasteiger partial charge in [0.2, 0.25) is 5.91 Å². The van der Waals surface area contributed by atoms with Crippen LogP contribution in [0.2, 0.25) is 0 Å². The Kier molecular flexibility index (Phi) is 7.17. The fourth-order valence-electron chi connectivity index (χ4n) is 1.62. The molecule has 0 unspecified atom stereocenters. The van der Waals surface area contributed by atoms with E-state index in [1.165, 1.54) is 0 Å². The molecule has 0 atom stereocenters. The Morgan fingerprint density at radius 2 is 2.05 bits per heavy atom. The third-order valence-corrected chi connectivity index (χ3v) is 2.76. The van der Waals surface area contributed by atoms with Crippen LogP contribution in [0, 0.1) is 0 Å². The molecular formula is C14H20N4O2S. The minimum absolute atomic E-state index is 0.0780. The van der Waals surface area contributed by atoms with Gasteiger partial charge < -0.3 is 15.8 Å². The van der Waals surface area contributed by atoms with Gasteiger partial charge in [-0.3, -0.25) is 10.2 Å². The van der Waals surface area contributed by atoms with Crippen LogP contribution in [-0.4, -0.2) is 30.4 Å². The zero-order valence-corrected chi connectivity index (χ0v) is 13.0. The lowest BCUT2D eigenvalue weighted by molar-refractivity contribution is -0.119. The average molecular weight is 308 g/mol. The number of benzene rings is 1. The highest BCUT2D eigenvalue weighted by Crippen LogP contribution is 2.11. The highest BCUT2D eigenvalue weighted by atomic mass is 32.1. The molecule has 1 rings (SSSR count). The first kappa shape index (κ1) is 16.9. The predicted molar refractivity (Wildman–Crippen MR) is 87.4 cm³/mol. The van der Waals surface area contributed by atoms with Crippen molar-refractivity contribution in [3.63, 3.8) is 0 Å². The summed E-state index contributed by atoms with van der Waals surface area (Å²) in [6, 6.07) is 7.75. The molecule has 0 bridgehead atoms. The number of ether oxygens (including phenoxy) is 1. The zero-order chi connectivity index (χ0) is 15.7. The van der Waals surface area contributed by atoms with Gasteiger partial charge in [-0.1, -0.05) is 12.1 Å². The summed E-state index contributed by atoms with van der Waals surface area (Å²) in [5.74, 6) is 0.731. The van der Waals surface area contributed by atoms with Gasteiger partial charge in [-0.25, -0.2) is 0 Å². The van der Waals surface area contributed by atoms with Crippen LogP contribution in [0.1, 0.15) is 18.9 Å². The van der Waals surface area contributed by atoms with Crippen LogP contribution in [0.4, 0.5) is 0 Å². The van der Waals surface area contributed by atoms with Crippen molar-refractivity contribution in [2.45, 2.75) is 19.8 Å². The van der Waals surface area contributed by atoms with Gasteiger partial charge in [0, 0.05) is 12.3 Å². The largest absolute Gasteiger partial charge is 0.497 e. The van der Waals surface area contributed by atoms with Crippen LogP contribution in [-0.2, 0) is 11.2 Å². The number of rotatable bonds is 7. The quantitative estimate of drug-likeness (QED) is 0.396. The third kappa shape index (κ3) is 7.26. The van der Waals surface area contributed by atoms with Crippen LogP contribution in [0.3, 0.4) is 0 Å². The minimum Gasteiger partial charge on any atom is -0.497 e. The SMILES string of the molecule is COc1ccc(CCNC(=O)CC(C)=NNC(N)=S)cc1. The van der Waals surface area contributed by atoms with Crippen molar-refractivity contribution < 1.29 is 9.53 Å². The summed E-state index contributed by atoms with van der Waals surface area (Å²) in [4.78, 5) is 11.7. The van der Waals surface area contributed by atoms with E-state index >= 15 is 0 Å². The number of nitrogens with two attached hydrogens (primary N) is 1. The molecule has 0 radical (unpaired) electrons. The van der Waals surface area contributed by atoms with Crippen LogP contribution in [0.15, 0.2) is 29.4 Å². The van der Waals surface area contributed by atoms with E-state index in [9.17, 15) is 4.79 Å². The molecule has 0 heterocycles. The molecule has 0 aromatic heterocycles. The van der Waals surface area contributed by atoms with Crippen molar-refractivity contribution in [2.75, 3.05) is 13.7 Å². The minimum atomic E-state index is -0.0884. The average Bonchev–Trinajstić information content (AvgIpc) is 2.46. The Morgan fingerprint density at radius 1 is 1.38 bits per heavy atom. The topological polar surface area (TPSA) is 88.7 Å². The number of carbonyl (C=O) groups is 1. The van der Waals surface area contributed by atoms with E-state index in [1.54, 1.807) is 14.0 Å². The van der Waals surface area contributed by atoms with E-state index in [1.807, 2.05) is 24.3 Å². The fourth-order valence-corrected chi connectivity index (χ4v) is 1.67. The Morgan fingerprint density at radius 3 is 2.62 bits per heavy atom. The molecule has 0 saturated heterocycles. The van der Waals surface area contributed by atoms with Gasteiger partial charge >= 0.3 is 0 Å². The summed E-state index contributed by atoms with van der Waals surface area (Å²) in [5.41, 5.74) is 9.44. The highest BCUT2D eigenvalue weighted by molar-refractivity contribution is 7.80. The molecule has 1 aromatic carbocycles. The lowest BCUT2D eigenvalue weighted by Crippen LogP contribution is -2.29. The van der Waals surface area contributed by atoms with E-state index in [0.717, 1.165) is 17.7 Å². The molecule has 114 valence electrons. The van der Waals surface area contributed by atoms with Crippen LogP contribution in [0.25, 0.3) is 0 Å². The molecule has 1 aromatic rings. The summed E-state index contributed by atoms with van der Waals surface area (Å²) < 4.78 is 5.09. The van der Waals surface area contributed by atoms with Crippen molar-refractivity contribution in [3.8, 4) is 5.75 Å². The number of hydrogen-bond acceptors (Lipinski definition) is 4. The number of thiocarbonyl (C=S) groups is 1. The number of hydrogen-bond donors (Lipinski definition) is 3. The first-order valence-electron chi connectivity index (χ1n) is 6.49. The van der Waals surface area contributed by atoms with Gasteiger partial charge in [0.05, 0.1) is 13.5 Å². The second kappa shape index (κ2) is 8.91. The van der Waals surface area contributed by atoms with E-state index in [0.29, 0.717) is 12.3 Å². The monoisotopic (exact) mass is 308 g/mol. The second-order valence-corrected chi connectivity index (χ2v) is 4.89. The molecule has 0 aliphatic carbocycles. The van der Waals surface area contributed by atoms with Gasteiger partial charge in [0.15, 0.2) is 5.11 Å². The van der Waals surface area contributed by atoms with Crippen molar-refractivity contribution >= 4 is 28.9 Å². The highest BCUT2D eigenvalue weighted by Gasteiger charge is 2.03. The maximum Gasteiger partial charge on any atom is 0.225 e. The Balaban J connectivity index is 2.29. The van der Waals surface area contributed by atoms with Gasteiger partial charge in [-0.05, 0) is 43.3 Å². The third-order valence-electron chi connectivity index (χ3n) is 2.67. The summed E-state index contributed by atoms with van der Waals surface area (Å²) in [5, 5.41) is 6.79. The smallest absolute Gasteiger partial charge is 0.225 e. The summed E-state index contributed by atoms with van der Waals surface area (Å²) in [6.07, 6.45) is 0.968. The Hall–Kier alpha value is -2.15. The summed E-state index contributed by atoms with van der Waals surface area (Å²) in [6.45, 7) is 2.30. The van der Waals surface area contributed by atoms with E-state index in [4.69, 9.17) is 10.5 Å². The van der Waals surface area contributed by atoms with Crippen molar-refractivity contribution in [3.05, 3.63) is 29.8 Å². The van der Waals surface area contributed by atoms with Gasteiger partial charge in [0.1, 0.15) is 5.75 Å². The van der Waals surface area contributed by atoms with Crippen molar-refractivity contribution in [2.24, 2.45) is 10.8 Å². The Labute approximate surface area is 129 Å². The predicted octanol–water partition coefficient (Wildman–Crippen LogP) is 0.953. The molecule has 1 amide bonds. The lowest BCUT2D eigenvalue weighted by Gasteiger charge is -2.06. The number of hydrazone groups is 1. The molecular weight excluding hydrogens is 288 g/mol. The molecule has 0 aliphatic heterocycles. The maximum atomic E-state index is 11.7. The molecule has 21 heavy (non-hydrogen) atoms. The first-order valence-corrected chi connectivity index (χ1v) is 6.90. The number of amides is 1. The second-order valence-electron chi connectivity index (χ2n) is 4.45. The van der Waals surface area contributed by atoms with Crippen LogP contribution < -0.4 is 21.2 Å². The van der Waals surface area contributed by atoms with E-state index in [2.05, 4.69) is 28.1 Å². The molecule has 0 aliphatic rings. The summed E-state index contributed by atoms with van der Waals surface area (Å²) >= 11 is 4.62. The molecule has 0 saturated carbocycles. The van der Waals surface area contributed by atoms with Crippen LogP contribution >= 0.6 is 12.2 Å². The zero-order valence-electron chi connectivity index (χ0n) is 12.2.